The van der Waals surface area contributed by atoms with Crippen molar-refractivity contribution in [1.29, 1.82) is 0 Å². The Balaban J connectivity index is 2.13. The SMILES string of the molecule is Cc1cc(C(=O)N2CC(F)(F)C2)c(C)o1. The van der Waals surface area contributed by atoms with Gasteiger partial charge in [0.2, 0.25) is 0 Å². The summed E-state index contributed by atoms with van der Waals surface area (Å²) in [5.41, 5.74) is 0.378. The molecule has 5 heteroatoms. The maximum Gasteiger partial charge on any atom is 0.282 e. The Hall–Kier alpha value is -1.39. The quantitative estimate of drug-likeness (QED) is 0.717. The molecule has 0 radical (unpaired) electrons. The molecular formula is C10H11F2NO2. The van der Waals surface area contributed by atoms with Crippen molar-refractivity contribution in [2.24, 2.45) is 0 Å². The van der Waals surface area contributed by atoms with Crippen molar-refractivity contribution < 1.29 is 18.0 Å². The fraction of sp³-hybridized carbons (Fsp3) is 0.500. The molecule has 3 nitrogen and oxygen atoms in total. The molecule has 1 amide bonds. The molecule has 0 unspecified atom stereocenters. The third-order valence-electron chi connectivity index (χ3n) is 2.40. The number of carbonyl (C=O) groups excluding carboxylic acids is 1. The van der Waals surface area contributed by atoms with Crippen LogP contribution in [0.25, 0.3) is 0 Å². The highest BCUT2D eigenvalue weighted by Crippen LogP contribution is 2.29. The lowest BCUT2D eigenvalue weighted by Crippen LogP contribution is -2.58. The molecule has 1 aromatic rings. The van der Waals surface area contributed by atoms with Gasteiger partial charge in [-0.25, -0.2) is 8.78 Å². The van der Waals surface area contributed by atoms with Gasteiger partial charge in [-0.3, -0.25) is 4.79 Å². The van der Waals surface area contributed by atoms with E-state index in [2.05, 4.69) is 0 Å². The van der Waals surface area contributed by atoms with E-state index in [-0.39, 0.29) is 5.91 Å². The Labute approximate surface area is 85.7 Å². The zero-order valence-electron chi connectivity index (χ0n) is 8.51. The number of furan rings is 1. The van der Waals surface area contributed by atoms with E-state index in [1.54, 1.807) is 19.9 Å². The molecule has 1 aliphatic rings. The van der Waals surface area contributed by atoms with E-state index >= 15 is 0 Å². The molecule has 1 fully saturated rings. The summed E-state index contributed by atoms with van der Waals surface area (Å²) in [6.07, 6.45) is 0. The highest BCUT2D eigenvalue weighted by Gasteiger charge is 2.46. The van der Waals surface area contributed by atoms with Crippen LogP contribution in [0.1, 0.15) is 21.9 Å². The van der Waals surface area contributed by atoms with Crippen molar-refractivity contribution >= 4 is 5.91 Å². The molecule has 0 atom stereocenters. The van der Waals surface area contributed by atoms with Gasteiger partial charge >= 0.3 is 0 Å². The highest BCUT2D eigenvalue weighted by molar-refractivity contribution is 5.95. The Morgan fingerprint density at radius 1 is 1.47 bits per heavy atom. The van der Waals surface area contributed by atoms with E-state index in [0.29, 0.717) is 17.1 Å². The molecule has 0 N–H and O–H groups in total. The lowest BCUT2D eigenvalue weighted by atomic mass is 10.1. The minimum Gasteiger partial charge on any atom is -0.466 e. The van der Waals surface area contributed by atoms with Crippen molar-refractivity contribution in [1.82, 2.24) is 4.90 Å². The molecule has 82 valence electrons. The van der Waals surface area contributed by atoms with Gasteiger partial charge in [0.1, 0.15) is 11.5 Å². The van der Waals surface area contributed by atoms with Crippen LogP contribution in [0.4, 0.5) is 8.78 Å². The summed E-state index contributed by atoms with van der Waals surface area (Å²) < 4.78 is 30.3. The predicted octanol–water partition coefficient (Wildman–Crippen LogP) is 1.99. The van der Waals surface area contributed by atoms with Gasteiger partial charge in [0.15, 0.2) is 0 Å². The van der Waals surface area contributed by atoms with Gasteiger partial charge in [0, 0.05) is 0 Å². The fourth-order valence-electron chi connectivity index (χ4n) is 1.67. The summed E-state index contributed by atoms with van der Waals surface area (Å²) in [6.45, 7) is 2.39. The van der Waals surface area contributed by atoms with Gasteiger partial charge in [0.05, 0.1) is 18.7 Å². The smallest absolute Gasteiger partial charge is 0.282 e. The Bertz CT molecular complexity index is 404. The molecule has 2 heterocycles. The number of rotatable bonds is 1. The van der Waals surface area contributed by atoms with Crippen molar-refractivity contribution in [3.8, 4) is 0 Å². The molecule has 1 aliphatic heterocycles. The minimum absolute atomic E-state index is 0.378. The number of likely N-dealkylation sites (tertiary alicyclic amines) is 1. The summed E-state index contributed by atoms with van der Waals surface area (Å²) in [4.78, 5) is 12.8. The first-order chi connectivity index (χ1) is 6.89. The molecule has 0 bridgehead atoms. The van der Waals surface area contributed by atoms with Crippen molar-refractivity contribution in [2.45, 2.75) is 19.8 Å². The largest absolute Gasteiger partial charge is 0.466 e. The van der Waals surface area contributed by atoms with Crippen LogP contribution in [0.5, 0.6) is 0 Å². The fourth-order valence-corrected chi connectivity index (χ4v) is 1.67. The maximum atomic E-state index is 12.6. The normalized spacial score (nSPS) is 18.8. The minimum atomic E-state index is -2.72. The van der Waals surface area contributed by atoms with Gasteiger partial charge in [-0.1, -0.05) is 0 Å². The van der Waals surface area contributed by atoms with Crippen LogP contribution < -0.4 is 0 Å². The van der Waals surface area contributed by atoms with Crippen molar-refractivity contribution in [3.05, 3.63) is 23.2 Å². The number of nitrogens with zero attached hydrogens (tertiary/aromatic N) is 1. The molecule has 1 saturated heterocycles. The van der Waals surface area contributed by atoms with Crippen molar-refractivity contribution in [2.75, 3.05) is 13.1 Å². The van der Waals surface area contributed by atoms with Crippen LogP contribution in [-0.4, -0.2) is 29.8 Å². The molecule has 1 aromatic heterocycles. The number of halogens is 2. The standard InChI is InChI=1S/C10H11F2NO2/c1-6-3-8(7(2)15-6)9(14)13-4-10(11,12)5-13/h3H,4-5H2,1-2H3. The number of alkyl halides is 2. The lowest BCUT2D eigenvalue weighted by molar-refractivity contribution is -0.113. The molecule has 0 aromatic carbocycles. The van der Waals surface area contributed by atoms with Crippen LogP contribution in [-0.2, 0) is 0 Å². The first-order valence-electron chi connectivity index (χ1n) is 4.63. The molecule has 0 aliphatic carbocycles. The maximum absolute atomic E-state index is 12.6. The van der Waals surface area contributed by atoms with Gasteiger partial charge in [-0.05, 0) is 19.9 Å². The molecule has 2 rings (SSSR count). The topological polar surface area (TPSA) is 33.5 Å². The van der Waals surface area contributed by atoms with Crippen LogP contribution in [0, 0.1) is 13.8 Å². The monoisotopic (exact) mass is 215 g/mol. The van der Waals surface area contributed by atoms with E-state index in [1.165, 1.54) is 0 Å². The van der Waals surface area contributed by atoms with Gasteiger partial charge < -0.3 is 9.32 Å². The second kappa shape index (κ2) is 3.05. The van der Waals surface area contributed by atoms with Gasteiger partial charge in [-0.15, -0.1) is 0 Å². The van der Waals surface area contributed by atoms with Crippen LogP contribution in [0.2, 0.25) is 0 Å². The number of hydrogen-bond donors (Lipinski definition) is 0. The third kappa shape index (κ3) is 1.73. The number of aryl methyl sites for hydroxylation is 2. The average Bonchev–Trinajstić information content (AvgIpc) is 2.40. The van der Waals surface area contributed by atoms with Crippen LogP contribution >= 0.6 is 0 Å². The second-order valence-electron chi connectivity index (χ2n) is 3.84. The first-order valence-corrected chi connectivity index (χ1v) is 4.63. The van der Waals surface area contributed by atoms with E-state index in [1.807, 2.05) is 0 Å². The summed E-state index contributed by atoms with van der Waals surface area (Å²) in [6, 6.07) is 1.58. The molecule has 0 saturated carbocycles. The zero-order valence-corrected chi connectivity index (χ0v) is 8.51. The Morgan fingerprint density at radius 2 is 2.07 bits per heavy atom. The number of amides is 1. The Kier molecular flexibility index (Phi) is 2.06. The summed E-state index contributed by atoms with van der Waals surface area (Å²) in [5, 5.41) is 0. The number of hydrogen-bond acceptors (Lipinski definition) is 2. The molecular weight excluding hydrogens is 204 g/mol. The lowest BCUT2D eigenvalue weighted by Gasteiger charge is -2.38. The Morgan fingerprint density at radius 3 is 2.47 bits per heavy atom. The van der Waals surface area contributed by atoms with E-state index < -0.39 is 19.0 Å². The molecule has 0 spiro atoms. The van der Waals surface area contributed by atoms with Crippen LogP contribution in [0.3, 0.4) is 0 Å². The summed E-state index contributed by atoms with van der Waals surface area (Å²) >= 11 is 0. The van der Waals surface area contributed by atoms with Crippen LogP contribution in [0.15, 0.2) is 10.5 Å². The summed E-state index contributed by atoms with van der Waals surface area (Å²) in [7, 11) is 0. The van der Waals surface area contributed by atoms with E-state index in [0.717, 1.165) is 4.90 Å². The first kappa shape index (κ1) is 10.1. The van der Waals surface area contributed by atoms with Crippen molar-refractivity contribution in [3.63, 3.8) is 0 Å². The second-order valence-corrected chi connectivity index (χ2v) is 3.84. The average molecular weight is 215 g/mol. The summed E-state index contributed by atoms with van der Waals surface area (Å²) in [5.74, 6) is -2.01. The van der Waals surface area contributed by atoms with Gasteiger partial charge in [0.25, 0.3) is 11.8 Å². The third-order valence-corrected chi connectivity index (χ3v) is 2.40. The van der Waals surface area contributed by atoms with E-state index in [9.17, 15) is 13.6 Å². The van der Waals surface area contributed by atoms with E-state index in [4.69, 9.17) is 4.42 Å². The predicted molar refractivity (Wildman–Crippen MR) is 49.0 cm³/mol. The molecule has 15 heavy (non-hydrogen) atoms. The van der Waals surface area contributed by atoms with Gasteiger partial charge in [-0.2, -0.15) is 0 Å². The zero-order chi connectivity index (χ0) is 11.2. The highest BCUT2D eigenvalue weighted by atomic mass is 19.3. The number of carbonyl (C=O) groups is 1.